The van der Waals surface area contributed by atoms with Crippen molar-refractivity contribution < 1.29 is 4.70 Å². The van der Waals surface area contributed by atoms with Crippen LogP contribution in [0.25, 0.3) is 0 Å². The first-order chi connectivity index (χ1) is 8.42. The number of hydrogen-bond donors (Lipinski definition) is 0. The van der Waals surface area contributed by atoms with Crippen LogP contribution in [0.1, 0.15) is 84.0 Å². The van der Waals surface area contributed by atoms with E-state index in [1.165, 1.54) is 14.3 Å². The summed E-state index contributed by atoms with van der Waals surface area (Å²) < 4.78 is 4.36. The van der Waals surface area contributed by atoms with Crippen LogP contribution in [0.5, 0.6) is 0 Å². The van der Waals surface area contributed by atoms with Gasteiger partial charge < -0.3 is 4.70 Å². The maximum atomic E-state index is 2.39. The molecule has 0 aliphatic heterocycles. The zero-order valence-electron chi connectivity index (χ0n) is 12.2. The van der Waals surface area contributed by atoms with Crippen molar-refractivity contribution in [3.05, 3.63) is 0 Å². The van der Waals surface area contributed by atoms with Crippen LogP contribution in [0.4, 0.5) is 0 Å². The van der Waals surface area contributed by atoms with Crippen LogP contribution < -0.4 is 4.70 Å². The molecule has 2 aliphatic carbocycles. The summed E-state index contributed by atoms with van der Waals surface area (Å²) in [6.45, 7) is 2.39. The molecule has 0 amide bonds. The van der Waals surface area contributed by atoms with Crippen molar-refractivity contribution in [3.63, 3.8) is 0 Å². The van der Waals surface area contributed by atoms with Crippen molar-refractivity contribution in [2.75, 3.05) is 0 Å². The molecule has 0 nitrogen and oxygen atoms in total. The number of hydrogen-bond acceptors (Lipinski definition) is 0. The van der Waals surface area contributed by atoms with Crippen LogP contribution in [0, 0.1) is 0 Å². The molecule has 0 aromatic heterocycles. The topological polar surface area (TPSA) is 0 Å². The van der Waals surface area contributed by atoms with E-state index in [9.17, 15) is 0 Å². The number of unbranched alkanes of at least 4 members (excludes halogenated alkanes) is 1. The third kappa shape index (κ3) is 5.01. The minimum Gasteiger partial charge on any atom is -1.00 e. The molecule has 0 spiro atoms. The Bertz CT molecular complexity index is 177. The monoisotopic (exact) mass is 362 g/mol. The predicted octanol–water partition coefficient (Wildman–Crippen LogP) is 2.95. The van der Waals surface area contributed by atoms with Crippen LogP contribution in [0.2, 0.25) is 12.3 Å². The molecule has 2 fully saturated rings. The van der Waals surface area contributed by atoms with E-state index in [-0.39, 0.29) is 4.70 Å². The van der Waals surface area contributed by atoms with Crippen LogP contribution >= 0.6 is 0 Å². The molecule has 2 saturated carbocycles. The van der Waals surface area contributed by atoms with Gasteiger partial charge in [0.1, 0.15) is 0 Å². The van der Waals surface area contributed by atoms with E-state index in [4.69, 9.17) is 0 Å². The van der Waals surface area contributed by atoms with Crippen molar-refractivity contribution >= 4 is 19.8 Å². The van der Waals surface area contributed by atoms with Gasteiger partial charge in [0, 0.05) is 0 Å². The van der Waals surface area contributed by atoms with Gasteiger partial charge in [0.05, 0.1) is 0 Å². The number of halogens is 1. The molecular formula is C16H31FSn. The van der Waals surface area contributed by atoms with Gasteiger partial charge in [-0.15, -0.1) is 0 Å². The second-order valence-electron chi connectivity index (χ2n) is 6.35. The summed E-state index contributed by atoms with van der Waals surface area (Å²) in [7, 11) is 0. The van der Waals surface area contributed by atoms with Crippen molar-refractivity contribution in [1.82, 2.24) is 0 Å². The van der Waals surface area contributed by atoms with E-state index in [0.717, 1.165) is 0 Å². The largest absolute Gasteiger partial charge is 1.00 e. The molecule has 0 heterocycles. The second kappa shape index (κ2) is 9.60. The molecule has 2 heteroatoms. The van der Waals surface area contributed by atoms with Crippen LogP contribution in [-0.2, 0) is 0 Å². The molecule has 0 N–H and O–H groups in total. The van der Waals surface area contributed by atoms with E-state index in [1.807, 2.05) is 0 Å². The molecule has 18 heavy (non-hydrogen) atoms. The van der Waals surface area contributed by atoms with Gasteiger partial charge in [0.2, 0.25) is 0 Å². The van der Waals surface area contributed by atoms with Gasteiger partial charge in [-0.2, -0.15) is 0 Å². The summed E-state index contributed by atoms with van der Waals surface area (Å²) >= 11 is -1.05. The fraction of sp³-hybridized carbons (Fsp3) is 1.00. The molecule has 0 bridgehead atoms. The van der Waals surface area contributed by atoms with Crippen molar-refractivity contribution in [3.8, 4) is 0 Å². The Morgan fingerprint density at radius 1 is 0.778 bits per heavy atom. The van der Waals surface area contributed by atoms with Gasteiger partial charge in [-0.1, -0.05) is 0 Å². The fourth-order valence-corrected chi connectivity index (χ4v) is 17.0. The van der Waals surface area contributed by atoms with Gasteiger partial charge in [0.25, 0.3) is 0 Å². The molecule has 106 valence electrons. The molecule has 0 aromatic carbocycles. The van der Waals surface area contributed by atoms with E-state index in [0.29, 0.717) is 0 Å². The van der Waals surface area contributed by atoms with E-state index < -0.39 is 19.8 Å². The summed E-state index contributed by atoms with van der Waals surface area (Å²) in [5.74, 6) is 0. The Morgan fingerprint density at radius 2 is 1.22 bits per heavy atom. The molecule has 0 saturated heterocycles. The average Bonchev–Trinajstić information content (AvgIpc) is 2.42. The first-order valence-electron chi connectivity index (χ1n) is 8.27. The predicted molar refractivity (Wildman–Crippen MR) is 79.1 cm³/mol. The smallest absolute Gasteiger partial charge is 1.00 e. The summed E-state index contributed by atoms with van der Waals surface area (Å²) in [4.78, 5) is 0. The van der Waals surface area contributed by atoms with E-state index in [2.05, 4.69) is 6.92 Å². The molecule has 2 aliphatic rings. The van der Waals surface area contributed by atoms with Crippen molar-refractivity contribution in [1.29, 1.82) is 0 Å². The van der Waals surface area contributed by atoms with Crippen molar-refractivity contribution in [2.24, 2.45) is 0 Å². The zero-order valence-corrected chi connectivity index (χ0v) is 15.1. The molecule has 0 radical (unpaired) electrons. The summed E-state index contributed by atoms with van der Waals surface area (Å²) in [5.41, 5.74) is 0. The number of rotatable bonds is 5. The Kier molecular flexibility index (Phi) is 8.95. The van der Waals surface area contributed by atoms with Gasteiger partial charge in [-0.05, 0) is 0 Å². The summed E-state index contributed by atoms with van der Waals surface area (Å²) in [6.07, 6.45) is 19.0. The molecule has 0 unspecified atom stereocenters. The summed E-state index contributed by atoms with van der Waals surface area (Å²) in [6, 6.07) is 0. The Balaban J connectivity index is 0.00000162. The quantitative estimate of drug-likeness (QED) is 0.661. The molecule has 0 aromatic rings. The standard InChI is InChI=1S/2C6H11.C4H9.FH.Sn/c2*1-2-4-6-5-3-1;1-3-4-2;;/h2*1H,2-6H2;1,3-4H2,2H3;1H;/q;;;;+1/p-1. The molecular weight excluding hydrogens is 330 g/mol. The van der Waals surface area contributed by atoms with E-state index in [1.54, 1.807) is 75.1 Å². The van der Waals surface area contributed by atoms with Gasteiger partial charge in [-0.3, -0.25) is 0 Å². The fourth-order valence-electron chi connectivity index (χ4n) is 4.07. The van der Waals surface area contributed by atoms with Crippen LogP contribution in [0.3, 0.4) is 0 Å². The van der Waals surface area contributed by atoms with E-state index >= 15 is 0 Å². The van der Waals surface area contributed by atoms with Crippen LogP contribution in [0.15, 0.2) is 0 Å². The maximum Gasteiger partial charge on any atom is -1.00 e. The first kappa shape index (κ1) is 16.8. The Morgan fingerprint density at radius 3 is 1.61 bits per heavy atom. The Hall–Kier alpha value is 0.729. The molecule has 2 rings (SSSR count). The normalized spacial score (nSPS) is 22.5. The van der Waals surface area contributed by atoms with Gasteiger partial charge in [0.15, 0.2) is 0 Å². The molecule has 0 atom stereocenters. The third-order valence-electron chi connectivity index (χ3n) is 5.08. The van der Waals surface area contributed by atoms with Crippen molar-refractivity contribution in [2.45, 2.75) is 96.3 Å². The van der Waals surface area contributed by atoms with Gasteiger partial charge >= 0.3 is 116 Å². The zero-order chi connectivity index (χ0) is 11.9. The minimum absolute atomic E-state index is 0. The van der Waals surface area contributed by atoms with Crippen LogP contribution in [-0.4, -0.2) is 19.8 Å². The summed E-state index contributed by atoms with van der Waals surface area (Å²) in [5, 5.41) is 0. The second-order valence-corrected chi connectivity index (χ2v) is 15.7. The third-order valence-corrected chi connectivity index (χ3v) is 17.0. The first-order valence-corrected chi connectivity index (χ1v) is 13.6. The SMILES string of the molecule is CCC[CH2][Sn+]([CH]1CCCCC1)[CH]1CCCCC1.[F-]. The van der Waals surface area contributed by atoms with Gasteiger partial charge in [-0.25, -0.2) is 0 Å². The average molecular weight is 361 g/mol. The maximum absolute atomic E-state index is 2.39. The minimum atomic E-state index is -1.05. The Labute approximate surface area is 120 Å².